The van der Waals surface area contributed by atoms with Crippen molar-refractivity contribution in [1.29, 1.82) is 0 Å². The minimum atomic E-state index is -0.0764. The molecule has 1 fully saturated rings. The Labute approximate surface area is 73.7 Å². The van der Waals surface area contributed by atoms with Gasteiger partial charge in [-0.1, -0.05) is 0 Å². The largest absolute Gasteiger partial charge is 0.469 e. The van der Waals surface area contributed by atoms with E-state index in [4.69, 9.17) is 0 Å². The molecule has 0 bridgehead atoms. The lowest BCUT2D eigenvalue weighted by atomic mass is 9.94. The summed E-state index contributed by atoms with van der Waals surface area (Å²) in [5.41, 5.74) is 0. The van der Waals surface area contributed by atoms with Gasteiger partial charge in [-0.2, -0.15) is 7.05 Å². The van der Waals surface area contributed by atoms with E-state index in [9.17, 15) is 4.79 Å². The Morgan fingerprint density at radius 2 is 2.17 bits per heavy atom. The van der Waals surface area contributed by atoms with Gasteiger partial charge in [0.15, 0.2) is 0 Å². The van der Waals surface area contributed by atoms with Gasteiger partial charge in [-0.15, -0.1) is 0 Å². The lowest BCUT2D eigenvalue weighted by molar-refractivity contribution is -0.860. The Morgan fingerprint density at radius 1 is 1.58 bits per heavy atom. The van der Waals surface area contributed by atoms with E-state index in [1.165, 1.54) is 12.0 Å². The first-order valence-electron chi connectivity index (χ1n) is 4.46. The maximum atomic E-state index is 10.9. The van der Waals surface area contributed by atoms with Crippen molar-refractivity contribution in [1.82, 2.24) is 0 Å². The van der Waals surface area contributed by atoms with Crippen LogP contribution in [0.2, 0.25) is 0 Å². The third kappa shape index (κ3) is 2.81. The van der Waals surface area contributed by atoms with Crippen molar-refractivity contribution in [2.24, 2.45) is 5.92 Å². The molecule has 1 rings (SSSR count). The number of esters is 1. The molecule has 0 aromatic rings. The van der Waals surface area contributed by atoms with Crippen LogP contribution >= 0.6 is 0 Å². The average Bonchev–Trinajstić information content (AvgIpc) is 2.09. The highest BCUT2D eigenvalue weighted by molar-refractivity contribution is 5.69. The van der Waals surface area contributed by atoms with E-state index in [0.717, 1.165) is 25.9 Å². The van der Waals surface area contributed by atoms with Crippen molar-refractivity contribution in [2.75, 3.05) is 20.2 Å². The number of rotatable bonds is 2. The summed E-state index contributed by atoms with van der Waals surface area (Å²) in [4.78, 5) is 12.2. The maximum absolute atomic E-state index is 10.9. The molecule has 0 atom stereocenters. The van der Waals surface area contributed by atoms with Gasteiger partial charge in [-0.3, -0.25) is 4.79 Å². The third-order valence-corrected chi connectivity index (χ3v) is 2.50. The third-order valence-electron chi connectivity index (χ3n) is 2.50. The fourth-order valence-corrected chi connectivity index (χ4v) is 1.61. The number of ether oxygens (including phenoxy) is 1. The van der Waals surface area contributed by atoms with Gasteiger partial charge in [-0.25, -0.2) is 0 Å². The SMILES string of the molecule is [CH2-][NH+]1CCC(CC(=O)OC)CC1. The second-order valence-electron chi connectivity index (χ2n) is 3.47. The van der Waals surface area contributed by atoms with Crippen LogP contribution < -0.4 is 4.90 Å². The first-order valence-corrected chi connectivity index (χ1v) is 4.46. The number of carbonyl (C=O) groups excluding carboxylic acids is 1. The molecule has 3 heteroatoms. The standard InChI is InChI=1S/C9H17NO2/c1-10-5-3-8(4-6-10)7-9(11)12-2/h8,10H,1,3-7H2,2H3. The van der Waals surface area contributed by atoms with Crippen molar-refractivity contribution in [2.45, 2.75) is 19.3 Å². The van der Waals surface area contributed by atoms with Crippen LogP contribution in [-0.4, -0.2) is 26.2 Å². The zero-order valence-corrected chi connectivity index (χ0v) is 7.64. The van der Waals surface area contributed by atoms with Crippen LogP contribution in [0.4, 0.5) is 0 Å². The molecule has 1 aliphatic rings. The van der Waals surface area contributed by atoms with Gasteiger partial charge < -0.3 is 9.64 Å². The van der Waals surface area contributed by atoms with Crippen molar-refractivity contribution in [3.8, 4) is 0 Å². The minimum Gasteiger partial charge on any atom is -0.469 e. The highest BCUT2D eigenvalue weighted by Gasteiger charge is 2.19. The summed E-state index contributed by atoms with van der Waals surface area (Å²) >= 11 is 0. The molecule has 0 aliphatic carbocycles. The molecule has 70 valence electrons. The Balaban J connectivity index is 2.21. The minimum absolute atomic E-state index is 0.0764. The van der Waals surface area contributed by atoms with Gasteiger partial charge >= 0.3 is 5.97 Å². The first-order chi connectivity index (χ1) is 5.72. The molecule has 1 saturated heterocycles. The molecule has 0 unspecified atom stereocenters. The van der Waals surface area contributed by atoms with E-state index in [0.29, 0.717) is 12.3 Å². The molecule has 0 spiro atoms. The number of quaternary nitrogens is 1. The summed E-state index contributed by atoms with van der Waals surface area (Å²) in [5.74, 6) is 0.454. The molecule has 0 aromatic carbocycles. The predicted molar refractivity (Wildman–Crippen MR) is 45.4 cm³/mol. The summed E-state index contributed by atoms with van der Waals surface area (Å²) in [5, 5.41) is 0. The van der Waals surface area contributed by atoms with E-state index in [-0.39, 0.29) is 5.97 Å². The Morgan fingerprint density at radius 3 is 2.67 bits per heavy atom. The summed E-state index contributed by atoms with van der Waals surface area (Å²) in [6.45, 7) is 2.17. The van der Waals surface area contributed by atoms with Gasteiger partial charge in [0.1, 0.15) is 0 Å². The lowest BCUT2D eigenvalue weighted by Crippen LogP contribution is -3.08. The van der Waals surface area contributed by atoms with E-state index in [1.807, 2.05) is 0 Å². The van der Waals surface area contributed by atoms with Crippen molar-refractivity contribution in [3.05, 3.63) is 7.05 Å². The van der Waals surface area contributed by atoms with Gasteiger partial charge in [0.25, 0.3) is 0 Å². The zero-order valence-electron chi connectivity index (χ0n) is 7.64. The normalized spacial score (nSPS) is 29.8. The molecular formula is C9H17NO2. The molecule has 1 N–H and O–H groups in total. The van der Waals surface area contributed by atoms with Crippen LogP contribution in [0.3, 0.4) is 0 Å². The van der Waals surface area contributed by atoms with Crippen LogP contribution in [0, 0.1) is 13.0 Å². The molecule has 0 amide bonds. The highest BCUT2D eigenvalue weighted by atomic mass is 16.5. The van der Waals surface area contributed by atoms with Crippen LogP contribution in [0.1, 0.15) is 19.3 Å². The second kappa shape index (κ2) is 4.45. The first kappa shape index (κ1) is 9.52. The van der Waals surface area contributed by atoms with Crippen molar-refractivity contribution in [3.63, 3.8) is 0 Å². The van der Waals surface area contributed by atoms with E-state index < -0.39 is 0 Å². The number of nitrogens with one attached hydrogen (secondary N) is 1. The fourth-order valence-electron chi connectivity index (χ4n) is 1.61. The van der Waals surface area contributed by atoms with Crippen LogP contribution in [0.25, 0.3) is 0 Å². The van der Waals surface area contributed by atoms with Crippen molar-refractivity contribution >= 4 is 5.97 Å². The lowest BCUT2D eigenvalue weighted by Gasteiger charge is -2.30. The Kier molecular flexibility index (Phi) is 3.53. The number of likely N-dealkylation sites (tertiary alicyclic amines) is 1. The van der Waals surface area contributed by atoms with Gasteiger partial charge in [0.05, 0.1) is 20.2 Å². The monoisotopic (exact) mass is 171 g/mol. The molecule has 12 heavy (non-hydrogen) atoms. The average molecular weight is 171 g/mol. The second-order valence-corrected chi connectivity index (χ2v) is 3.47. The number of methoxy groups -OCH3 is 1. The van der Waals surface area contributed by atoms with Crippen molar-refractivity contribution < 1.29 is 14.4 Å². The maximum Gasteiger partial charge on any atom is 0.305 e. The summed E-state index contributed by atoms with van der Waals surface area (Å²) < 4.78 is 4.62. The molecule has 3 nitrogen and oxygen atoms in total. The fraction of sp³-hybridized carbons (Fsp3) is 0.778. The number of hydrogen-bond donors (Lipinski definition) is 1. The van der Waals surface area contributed by atoms with E-state index >= 15 is 0 Å². The van der Waals surface area contributed by atoms with Crippen LogP contribution in [-0.2, 0) is 9.53 Å². The molecule has 1 heterocycles. The quantitative estimate of drug-likeness (QED) is 0.454. The highest BCUT2D eigenvalue weighted by Crippen LogP contribution is 2.14. The summed E-state index contributed by atoms with van der Waals surface area (Å²) in [6.07, 6.45) is 2.80. The van der Waals surface area contributed by atoms with Gasteiger partial charge in [-0.05, 0) is 18.8 Å². The predicted octanol–water partition coefficient (Wildman–Crippen LogP) is -0.364. The van der Waals surface area contributed by atoms with Crippen LogP contribution in [0.15, 0.2) is 0 Å². The summed E-state index contributed by atoms with van der Waals surface area (Å²) in [7, 11) is 5.38. The number of hydrogen-bond acceptors (Lipinski definition) is 2. The molecule has 0 saturated carbocycles. The number of carbonyl (C=O) groups is 1. The zero-order chi connectivity index (χ0) is 8.97. The summed E-state index contributed by atoms with van der Waals surface area (Å²) in [6, 6.07) is 0. The number of piperidine rings is 1. The Bertz CT molecular complexity index is 151. The Hall–Kier alpha value is -0.570. The van der Waals surface area contributed by atoms with Crippen LogP contribution in [0.5, 0.6) is 0 Å². The molecule has 0 radical (unpaired) electrons. The molecule has 0 aromatic heterocycles. The molecular weight excluding hydrogens is 154 g/mol. The topological polar surface area (TPSA) is 30.7 Å². The smallest absolute Gasteiger partial charge is 0.305 e. The molecule has 1 aliphatic heterocycles. The van der Waals surface area contributed by atoms with E-state index in [1.54, 1.807) is 0 Å². The van der Waals surface area contributed by atoms with E-state index in [2.05, 4.69) is 11.8 Å². The van der Waals surface area contributed by atoms with Gasteiger partial charge in [0.2, 0.25) is 0 Å². The van der Waals surface area contributed by atoms with Gasteiger partial charge in [0, 0.05) is 6.42 Å².